The predicted octanol–water partition coefficient (Wildman–Crippen LogP) is 2.60. The third kappa shape index (κ3) is 5.29. The molecule has 0 aromatic heterocycles. The van der Waals surface area contributed by atoms with E-state index in [9.17, 15) is 23.9 Å². The summed E-state index contributed by atoms with van der Waals surface area (Å²) in [6, 6.07) is 15.2. The standard InChI is InChI=1S/C21H17FN2O5/c22-15-5-7-16(8-6-15)24-19(26)11-23-20(27)12-29-21(28)17-9-13-3-1-2-4-14(13)10-18(17)25/h1-10,25H,11-12H2,(H,23,27)(H,24,26). The Morgan fingerprint density at radius 2 is 1.59 bits per heavy atom. The molecule has 0 aliphatic carbocycles. The Morgan fingerprint density at radius 1 is 0.931 bits per heavy atom. The average Bonchev–Trinajstić information content (AvgIpc) is 2.71. The van der Waals surface area contributed by atoms with Crippen molar-refractivity contribution in [2.24, 2.45) is 0 Å². The fourth-order valence-electron chi connectivity index (χ4n) is 2.57. The fraction of sp³-hybridized carbons (Fsp3) is 0.0952. The van der Waals surface area contributed by atoms with Crippen LogP contribution in [-0.2, 0) is 14.3 Å². The number of anilines is 1. The van der Waals surface area contributed by atoms with Crippen LogP contribution in [0.3, 0.4) is 0 Å². The number of hydrogen-bond acceptors (Lipinski definition) is 5. The summed E-state index contributed by atoms with van der Waals surface area (Å²) in [5.41, 5.74) is 0.314. The monoisotopic (exact) mass is 396 g/mol. The van der Waals surface area contributed by atoms with Crippen LogP contribution in [0.4, 0.5) is 10.1 Å². The minimum Gasteiger partial charge on any atom is -0.507 e. The first kappa shape index (κ1) is 19.8. The number of esters is 1. The molecule has 2 amide bonds. The maximum atomic E-state index is 12.8. The van der Waals surface area contributed by atoms with Crippen molar-refractivity contribution in [1.29, 1.82) is 0 Å². The van der Waals surface area contributed by atoms with E-state index < -0.39 is 30.2 Å². The molecule has 7 nitrogen and oxygen atoms in total. The molecular weight excluding hydrogens is 379 g/mol. The lowest BCUT2D eigenvalue weighted by Gasteiger charge is -2.09. The van der Waals surface area contributed by atoms with Gasteiger partial charge in [-0.05, 0) is 47.2 Å². The van der Waals surface area contributed by atoms with Gasteiger partial charge >= 0.3 is 5.97 Å². The Hall–Kier alpha value is -3.94. The molecular formula is C21H17FN2O5. The lowest BCUT2D eigenvalue weighted by Crippen LogP contribution is -2.35. The van der Waals surface area contributed by atoms with Crippen LogP contribution in [-0.4, -0.2) is 36.0 Å². The molecule has 3 rings (SSSR count). The SMILES string of the molecule is O=C(COC(=O)c1cc2ccccc2cc1O)NCC(=O)Nc1ccc(F)cc1. The minimum absolute atomic E-state index is 0.0643. The van der Waals surface area contributed by atoms with Crippen LogP contribution in [0.5, 0.6) is 5.75 Å². The van der Waals surface area contributed by atoms with Gasteiger partial charge < -0.3 is 20.5 Å². The summed E-state index contributed by atoms with van der Waals surface area (Å²) in [4.78, 5) is 35.7. The highest BCUT2D eigenvalue weighted by Crippen LogP contribution is 2.25. The van der Waals surface area contributed by atoms with E-state index in [4.69, 9.17) is 4.74 Å². The second kappa shape index (κ2) is 8.83. The normalized spacial score (nSPS) is 10.4. The lowest BCUT2D eigenvalue weighted by atomic mass is 10.1. The summed E-state index contributed by atoms with van der Waals surface area (Å²) < 4.78 is 17.7. The number of amides is 2. The van der Waals surface area contributed by atoms with E-state index in [1.807, 2.05) is 0 Å². The number of benzene rings is 3. The van der Waals surface area contributed by atoms with E-state index in [0.717, 1.165) is 10.8 Å². The van der Waals surface area contributed by atoms with Crippen LogP contribution >= 0.6 is 0 Å². The number of fused-ring (bicyclic) bond motifs is 1. The van der Waals surface area contributed by atoms with Crippen molar-refractivity contribution in [3.05, 3.63) is 72.0 Å². The molecule has 0 fully saturated rings. The van der Waals surface area contributed by atoms with E-state index in [-0.39, 0.29) is 17.9 Å². The number of ether oxygens (including phenoxy) is 1. The third-order valence-electron chi connectivity index (χ3n) is 3.99. The van der Waals surface area contributed by atoms with Gasteiger partial charge in [0.2, 0.25) is 5.91 Å². The molecule has 0 spiro atoms. The summed E-state index contributed by atoms with van der Waals surface area (Å²) in [5, 5.41) is 16.3. The molecule has 0 heterocycles. The molecule has 3 N–H and O–H groups in total. The first-order valence-electron chi connectivity index (χ1n) is 8.63. The number of halogens is 1. The highest BCUT2D eigenvalue weighted by atomic mass is 19.1. The molecule has 0 aliphatic heterocycles. The Bertz CT molecular complexity index is 1070. The zero-order valence-corrected chi connectivity index (χ0v) is 15.1. The van der Waals surface area contributed by atoms with Gasteiger partial charge in [-0.25, -0.2) is 9.18 Å². The number of hydrogen-bond donors (Lipinski definition) is 3. The molecule has 0 radical (unpaired) electrons. The highest BCUT2D eigenvalue weighted by Gasteiger charge is 2.16. The van der Waals surface area contributed by atoms with Crippen LogP contribution in [0.2, 0.25) is 0 Å². The number of carbonyl (C=O) groups excluding carboxylic acids is 3. The van der Waals surface area contributed by atoms with Crippen LogP contribution in [0.25, 0.3) is 10.8 Å². The minimum atomic E-state index is -0.862. The zero-order chi connectivity index (χ0) is 20.8. The predicted molar refractivity (Wildman–Crippen MR) is 104 cm³/mol. The second-order valence-corrected chi connectivity index (χ2v) is 6.12. The van der Waals surface area contributed by atoms with Gasteiger partial charge in [0.15, 0.2) is 6.61 Å². The lowest BCUT2D eigenvalue weighted by molar-refractivity contribution is -0.126. The molecule has 0 saturated heterocycles. The van der Waals surface area contributed by atoms with Gasteiger partial charge in [-0.15, -0.1) is 0 Å². The largest absolute Gasteiger partial charge is 0.507 e. The third-order valence-corrected chi connectivity index (χ3v) is 3.99. The van der Waals surface area contributed by atoms with Crippen molar-refractivity contribution < 1.29 is 28.6 Å². The molecule has 3 aromatic rings. The smallest absolute Gasteiger partial charge is 0.342 e. The van der Waals surface area contributed by atoms with Crippen molar-refractivity contribution in [2.75, 3.05) is 18.5 Å². The van der Waals surface area contributed by atoms with E-state index in [1.54, 1.807) is 24.3 Å². The van der Waals surface area contributed by atoms with Gasteiger partial charge in [-0.2, -0.15) is 0 Å². The number of rotatable bonds is 6. The van der Waals surface area contributed by atoms with Crippen LogP contribution in [0.15, 0.2) is 60.7 Å². The summed E-state index contributed by atoms with van der Waals surface area (Å²) in [6.45, 7) is -0.968. The van der Waals surface area contributed by atoms with Crippen molar-refractivity contribution in [1.82, 2.24) is 5.32 Å². The van der Waals surface area contributed by atoms with Gasteiger partial charge in [-0.1, -0.05) is 24.3 Å². The maximum Gasteiger partial charge on any atom is 0.342 e. The quantitative estimate of drug-likeness (QED) is 0.556. The molecule has 3 aromatic carbocycles. The number of phenolic OH excluding ortho intramolecular Hbond substituents is 1. The molecule has 0 unspecified atom stereocenters. The van der Waals surface area contributed by atoms with Gasteiger partial charge in [0.05, 0.1) is 6.54 Å². The van der Waals surface area contributed by atoms with Crippen molar-refractivity contribution in [3.63, 3.8) is 0 Å². The molecule has 29 heavy (non-hydrogen) atoms. The summed E-state index contributed by atoms with van der Waals surface area (Å²) >= 11 is 0. The number of carbonyl (C=O) groups is 3. The van der Waals surface area contributed by atoms with Crippen LogP contribution < -0.4 is 10.6 Å². The van der Waals surface area contributed by atoms with Crippen LogP contribution in [0, 0.1) is 5.82 Å². The maximum absolute atomic E-state index is 12.8. The van der Waals surface area contributed by atoms with Crippen molar-refractivity contribution >= 4 is 34.2 Å². The van der Waals surface area contributed by atoms with E-state index in [1.165, 1.54) is 36.4 Å². The summed E-state index contributed by atoms with van der Waals surface area (Å²) in [7, 11) is 0. The van der Waals surface area contributed by atoms with Gasteiger partial charge in [-0.3, -0.25) is 9.59 Å². The Kier molecular flexibility index (Phi) is 6.03. The number of nitrogens with one attached hydrogen (secondary N) is 2. The van der Waals surface area contributed by atoms with E-state index >= 15 is 0 Å². The fourth-order valence-corrected chi connectivity index (χ4v) is 2.57. The number of phenols is 1. The molecule has 0 atom stereocenters. The van der Waals surface area contributed by atoms with Gasteiger partial charge in [0, 0.05) is 5.69 Å². The Balaban J connectivity index is 1.49. The van der Waals surface area contributed by atoms with Crippen molar-refractivity contribution in [3.8, 4) is 5.75 Å². The highest BCUT2D eigenvalue weighted by molar-refractivity contribution is 5.99. The first-order valence-corrected chi connectivity index (χ1v) is 8.63. The summed E-state index contributed by atoms with van der Waals surface area (Å²) in [6.07, 6.45) is 0. The first-order chi connectivity index (χ1) is 13.9. The number of aromatic hydroxyl groups is 1. The topological polar surface area (TPSA) is 105 Å². The van der Waals surface area contributed by atoms with Crippen LogP contribution in [0.1, 0.15) is 10.4 Å². The second-order valence-electron chi connectivity index (χ2n) is 6.12. The molecule has 8 heteroatoms. The molecule has 0 aliphatic rings. The molecule has 0 saturated carbocycles. The van der Waals surface area contributed by atoms with E-state index in [2.05, 4.69) is 10.6 Å². The average molecular weight is 396 g/mol. The summed E-state index contributed by atoms with van der Waals surface area (Å²) in [5.74, 6) is -2.76. The Labute approximate surface area is 165 Å². The molecule has 148 valence electrons. The van der Waals surface area contributed by atoms with Crippen molar-refractivity contribution in [2.45, 2.75) is 0 Å². The zero-order valence-electron chi connectivity index (χ0n) is 15.1. The van der Waals surface area contributed by atoms with Gasteiger partial charge in [0.1, 0.15) is 17.1 Å². The van der Waals surface area contributed by atoms with E-state index in [0.29, 0.717) is 5.69 Å². The Morgan fingerprint density at radius 3 is 2.28 bits per heavy atom. The molecule has 0 bridgehead atoms. The van der Waals surface area contributed by atoms with Gasteiger partial charge in [0.25, 0.3) is 5.91 Å².